The van der Waals surface area contributed by atoms with Crippen molar-refractivity contribution in [1.29, 1.82) is 0 Å². The monoisotopic (exact) mass is 237 g/mol. The van der Waals surface area contributed by atoms with Gasteiger partial charge in [-0.1, -0.05) is 5.16 Å². The highest BCUT2D eigenvalue weighted by Gasteiger charge is 2.34. The Morgan fingerprint density at radius 1 is 1.41 bits per heavy atom. The number of nitrogens with zero attached hydrogens (tertiary/aromatic N) is 2. The van der Waals surface area contributed by atoms with Gasteiger partial charge in [-0.2, -0.15) is 4.98 Å². The fourth-order valence-corrected chi connectivity index (χ4v) is 2.56. The third kappa shape index (κ3) is 2.50. The van der Waals surface area contributed by atoms with Crippen molar-refractivity contribution < 1.29 is 9.26 Å². The van der Waals surface area contributed by atoms with Crippen LogP contribution in [0.3, 0.4) is 0 Å². The summed E-state index contributed by atoms with van der Waals surface area (Å²) in [6.07, 6.45) is 6.05. The molecule has 2 N–H and O–H groups in total. The van der Waals surface area contributed by atoms with E-state index in [4.69, 9.17) is 15.0 Å². The van der Waals surface area contributed by atoms with E-state index in [-0.39, 0.29) is 5.54 Å². The Hall–Kier alpha value is -0.940. The molecule has 5 nitrogen and oxygen atoms in total. The van der Waals surface area contributed by atoms with Crippen molar-refractivity contribution in [2.75, 3.05) is 13.2 Å². The van der Waals surface area contributed by atoms with Crippen molar-refractivity contribution in [3.8, 4) is 0 Å². The van der Waals surface area contributed by atoms with Gasteiger partial charge in [0.2, 0.25) is 5.89 Å². The van der Waals surface area contributed by atoms with Gasteiger partial charge in [-0.05, 0) is 31.6 Å². The molecule has 0 spiro atoms. The number of hydrogen-bond acceptors (Lipinski definition) is 5. The van der Waals surface area contributed by atoms with Gasteiger partial charge in [-0.15, -0.1) is 0 Å². The van der Waals surface area contributed by atoms with Crippen molar-refractivity contribution in [1.82, 2.24) is 10.1 Å². The minimum absolute atomic E-state index is 0.0831. The van der Waals surface area contributed by atoms with Crippen molar-refractivity contribution in [3.05, 3.63) is 11.7 Å². The van der Waals surface area contributed by atoms with Gasteiger partial charge in [0.05, 0.1) is 0 Å². The average Bonchev–Trinajstić information content (AvgIpc) is 2.89. The topological polar surface area (TPSA) is 74.2 Å². The Labute approximate surface area is 101 Å². The summed E-state index contributed by atoms with van der Waals surface area (Å²) in [7, 11) is 0. The molecule has 2 heterocycles. The number of nitrogens with two attached hydrogens (primary N) is 1. The Bertz CT molecular complexity index is 381. The molecule has 0 amide bonds. The first-order valence-corrected chi connectivity index (χ1v) is 6.42. The van der Waals surface area contributed by atoms with Crippen molar-refractivity contribution in [2.45, 2.75) is 44.1 Å². The Balaban J connectivity index is 1.57. The molecule has 1 atom stereocenters. The molecular formula is C12H19N3O2. The second-order valence-corrected chi connectivity index (χ2v) is 5.43. The third-order valence-electron chi connectivity index (χ3n) is 3.86. The van der Waals surface area contributed by atoms with E-state index < -0.39 is 0 Å². The molecule has 17 heavy (non-hydrogen) atoms. The Morgan fingerprint density at radius 2 is 2.29 bits per heavy atom. The summed E-state index contributed by atoms with van der Waals surface area (Å²) in [5.74, 6) is 2.05. The number of rotatable bonds is 4. The second-order valence-electron chi connectivity index (χ2n) is 5.43. The molecule has 1 aliphatic carbocycles. The van der Waals surface area contributed by atoms with Crippen LogP contribution in [0.2, 0.25) is 0 Å². The highest BCUT2D eigenvalue weighted by atomic mass is 16.5. The van der Waals surface area contributed by atoms with Crippen LogP contribution in [0, 0.1) is 5.92 Å². The third-order valence-corrected chi connectivity index (χ3v) is 3.86. The molecule has 3 rings (SSSR count). The molecule has 1 saturated carbocycles. The molecule has 2 aliphatic rings. The Morgan fingerprint density at radius 3 is 2.94 bits per heavy atom. The molecule has 1 aromatic heterocycles. The maximum absolute atomic E-state index is 6.16. The smallest absolute Gasteiger partial charge is 0.228 e. The SMILES string of the molecule is NC1(Cc2nc(CC3CCOC3)no2)CCC1. The molecule has 0 bridgehead atoms. The average molecular weight is 237 g/mol. The van der Waals surface area contributed by atoms with Crippen LogP contribution in [-0.4, -0.2) is 28.9 Å². The molecular weight excluding hydrogens is 218 g/mol. The zero-order chi connectivity index (χ0) is 11.7. The molecule has 0 aromatic carbocycles. The number of hydrogen-bond donors (Lipinski definition) is 1. The molecule has 94 valence electrons. The van der Waals surface area contributed by atoms with Crippen LogP contribution >= 0.6 is 0 Å². The zero-order valence-corrected chi connectivity index (χ0v) is 10.0. The first-order valence-electron chi connectivity index (χ1n) is 6.42. The van der Waals surface area contributed by atoms with Crippen LogP contribution in [0.15, 0.2) is 4.52 Å². The summed E-state index contributed by atoms with van der Waals surface area (Å²) in [5.41, 5.74) is 6.08. The molecule has 1 saturated heterocycles. The predicted molar refractivity (Wildman–Crippen MR) is 61.4 cm³/mol. The van der Waals surface area contributed by atoms with Crippen LogP contribution < -0.4 is 5.73 Å². The summed E-state index contributed by atoms with van der Waals surface area (Å²) < 4.78 is 10.6. The van der Waals surface area contributed by atoms with E-state index in [1.165, 1.54) is 6.42 Å². The van der Waals surface area contributed by atoms with E-state index in [1.54, 1.807) is 0 Å². The van der Waals surface area contributed by atoms with Gasteiger partial charge in [-0.3, -0.25) is 0 Å². The van der Waals surface area contributed by atoms with E-state index in [1.807, 2.05) is 0 Å². The van der Waals surface area contributed by atoms with Gasteiger partial charge in [0, 0.05) is 31.6 Å². The van der Waals surface area contributed by atoms with Crippen molar-refractivity contribution in [2.24, 2.45) is 11.7 Å². The van der Waals surface area contributed by atoms with Crippen molar-refractivity contribution in [3.63, 3.8) is 0 Å². The van der Waals surface area contributed by atoms with Crippen LogP contribution in [0.4, 0.5) is 0 Å². The highest BCUT2D eigenvalue weighted by Crippen LogP contribution is 2.32. The number of ether oxygens (including phenoxy) is 1. The first-order chi connectivity index (χ1) is 8.23. The predicted octanol–water partition coefficient (Wildman–Crippen LogP) is 1.07. The highest BCUT2D eigenvalue weighted by molar-refractivity contribution is 5.01. The van der Waals surface area contributed by atoms with Crippen LogP contribution in [0.5, 0.6) is 0 Å². The van der Waals surface area contributed by atoms with Crippen LogP contribution in [0.1, 0.15) is 37.4 Å². The lowest BCUT2D eigenvalue weighted by Gasteiger charge is -2.36. The van der Waals surface area contributed by atoms with E-state index in [9.17, 15) is 0 Å². The van der Waals surface area contributed by atoms with E-state index >= 15 is 0 Å². The fourth-order valence-electron chi connectivity index (χ4n) is 2.56. The van der Waals surface area contributed by atoms with Gasteiger partial charge in [0.15, 0.2) is 5.82 Å². The number of aromatic nitrogens is 2. The molecule has 2 fully saturated rings. The molecule has 1 unspecified atom stereocenters. The summed E-state index contributed by atoms with van der Waals surface area (Å²) in [4.78, 5) is 4.43. The van der Waals surface area contributed by atoms with Gasteiger partial charge in [0.25, 0.3) is 0 Å². The minimum Gasteiger partial charge on any atom is -0.381 e. The molecule has 1 aromatic rings. The lowest BCUT2D eigenvalue weighted by atomic mass is 9.75. The van der Waals surface area contributed by atoms with E-state index in [2.05, 4.69) is 10.1 Å². The van der Waals surface area contributed by atoms with Gasteiger partial charge in [0.1, 0.15) is 0 Å². The standard InChI is InChI=1S/C12H19N3O2/c13-12(3-1-4-12)7-11-14-10(15-17-11)6-9-2-5-16-8-9/h9H,1-8,13H2. The van der Waals surface area contributed by atoms with Crippen molar-refractivity contribution >= 4 is 0 Å². The summed E-state index contributed by atoms with van der Waals surface area (Å²) in [6.45, 7) is 1.69. The zero-order valence-electron chi connectivity index (χ0n) is 10.0. The summed E-state index contributed by atoms with van der Waals surface area (Å²) >= 11 is 0. The van der Waals surface area contributed by atoms with Crippen LogP contribution in [-0.2, 0) is 17.6 Å². The van der Waals surface area contributed by atoms with E-state index in [0.29, 0.717) is 11.8 Å². The van der Waals surface area contributed by atoms with Crippen LogP contribution in [0.25, 0.3) is 0 Å². The molecule has 0 radical (unpaired) electrons. The maximum Gasteiger partial charge on any atom is 0.228 e. The lowest BCUT2D eigenvalue weighted by molar-refractivity contribution is 0.185. The van der Waals surface area contributed by atoms with Gasteiger partial charge >= 0.3 is 0 Å². The second kappa shape index (κ2) is 4.38. The summed E-state index contributed by atoms with van der Waals surface area (Å²) in [5, 5.41) is 4.03. The normalized spacial score (nSPS) is 27.0. The molecule has 1 aliphatic heterocycles. The lowest BCUT2D eigenvalue weighted by Crippen LogP contribution is -2.48. The largest absolute Gasteiger partial charge is 0.381 e. The quantitative estimate of drug-likeness (QED) is 0.848. The molecule has 5 heteroatoms. The summed E-state index contributed by atoms with van der Waals surface area (Å²) in [6, 6.07) is 0. The van der Waals surface area contributed by atoms with Gasteiger partial charge < -0.3 is 15.0 Å². The fraction of sp³-hybridized carbons (Fsp3) is 0.833. The van der Waals surface area contributed by atoms with Gasteiger partial charge in [-0.25, -0.2) is 0 Å². The minimum atomic E-state index is -0.0831. The first kappa shape index (κ1) is 11.2. The Kier molecular flexibility index (Phi) is 2.88. The maximum atomic E-state index is 6.16. The van der Waals surface area contributed by atoms with E-state index in [0.717, 1.165) is 51.1 Å².